The van der Waals surface area contributed by atoms with Crippen LogP contribution in [0.1, 0.15) is 15.9 Å². The molecular formula is C18H13ClN4O3. The largest absolute Gasteiger partial charge is 0.465 e. The minimum atomic E-state index is -0.531. The topological polar surface area (TPSA) is 78.5 Å². The lowest BCUT2D eigenvalue weighted by atomic mass is 10.2. The number of methoxy groups -OCH3 is 1. The van der Waals surface area contributed by atoms with Crippen LogP contribution >= 0.6 is 11.6 Å². The average Bonchev–Trinajstić information content (AvgIpc) is 3.06. The maximum absolute atomic E-state index is 13.0. The molecule has 0 amide bonds. The molecule has 1 aromatic carbocycles. The summed E-state index contributed by atoms with van der Waals surface area (Å²) in [6, 6.07) is 7.08. The van der Waals surface area contributed by atoms with E-state index in [0.717, 1.165) is 11.3 Å². The monoisotopic (exact) mass is 368 g/mol. The van der Waals surface area contributed by atoms with Gasteiger partial charge in [-0.3, -0.25) is 9.36 Å². The third kappa shape index (κ3) is 2.36. The molecule has 8 heteroatoms. The zero-order chi connectivity index (χ0) is 18.4. The summed E-state index contributed by atoms with van der Waals surface area (Å²) in [6.45, 7) is 1.88. The van der Waals surface area contributed by atoms with E-state index in [-0.39, 0.29) is 11.1 Å². The molecule has 4 aromatic rings. The molecule has 0 radical (unpaired) electrons. The van der Waals surface area contributed by atoms with Crippen LogP contribution in [0.5, 0.6) is 0 Å². The number of carbonyl (C=O) groups excluding carboxylic acids is 1. The van der Waals surface area contributed by atoms with Crippen molar-refractivity contribution in [2.45, 2.75) is 6.92 Å². The summed E-state index contributed by atoms with van der Waals surface area (Å²) in [5.41, 5.74) is 2.50. The van der Waals surface area contributed by atoms with E-state index in [9.17, 15) is 9.59 Å². The van der Waals surface area contributed by atoms with E-state index >= 15 is 0 Å². The average molecular weight is 369 g/mol. The van der Waals surface area contributed by atoms with E-state index in [4.69, 9.17) is 16.3 Å². The first-order valence-electron chi connectivity index (χ1n) is 7.74. The zero-order valence-electron chi connectivity index (χ0n) is 13.9. The third-order valence-corrected chi connectivity index (χ3v) is 4.45. The van der Waals surface area contributed by atoms with Gasteiger partial charge in [-0.05, 0) is 36.8 Å². The van der Waals surface area contributed by atoms with Gasteiger partial charge in [-0.15, -0.1) is 0 Å². The zero-order valence-corrected chi connectivity index (χ0v) is 14.7. The van der Waals surface area contributed by atoms with Gasteiger partial charge in [-0.25, -0.2) is 14.3 Å². The first-order valence-corrected chi connectivity index (χ1v) is 8.12. The van der Waals surface area contributed by atoms with Crippen LogP contribution in [0.15, 0.2) is 47.7 Å². The van der Waals surface area contributed by atoms with Crippen LogP contribution in [0, 0.1) is 6.92 Å². The van der Waals surface area contributed by atoms with Crippen LogP contribution in [-0.4, -0.2) is 32.2 Å². The highest BCUT2D eigenvalue weighted by Gasteiger charge is 2.17. The van der Waals surface area contributed by atoms with Crippen molar-refractivity contribution in [3.05, 3.63) is 69.4 Å². The van der Waals surface area contributed by atoms with Crippen molar-refractivity contribution in [1.29, 1.82) is 0 Å². The second-order valence-electron chi connectivity index (χ2n) is 5.76. The summed E-state index contributed by atoms with van der Waals surface area (Å²) in [5.74, 6) is -0.531. The van der Waals surface area contributed by atoms with Crippen LogP contribution < -0.4 is 5.56 Å². The van der Waals surface area contributed by atoms with Gasteiger partial charge in [0, 0.05) is 17.4 Å². The Balaban J connectivity index is 1.98. The molecule has 0 saturated carbocycles. The summed E-state index contributed by atoms with van der Waals surface area (Å²) in [5, 5.41) is 5.17. The molecule has 0 saturated heterocycles. The van der Waals surface area contributed by atoms with Crippen molar-refractivity contribution >= 4 is 34.1 Å². The summed E-state index contributed by atoms with van der Waals surface area (Å²) in [4.78, 5) is 29.0. The van der Waals surface area contributed by atoms with Crippen molar-refractivity contribution in [2.24, 2.45) is 0 Å². The van der Waals surface area contributed by atoms with E-state index < -0.39 is 5.97 Å². The predicted octanol–water partition coefficient (Wildman–Crippen LogP) is 2.78. The quantitative estimate of drug-likeness (QED) is 0.508. The number of hydrogen-bond acceptors (Lipinski definition) is 5. The molecule has 4 rings (SSSR count). The molecule has 0 N–H and O–H groups in total. The van der Waals surface area contributed by atoms with Crippen LogP contribution in [0.25, 0.3) is 22.2 Å². The van der Waals surface area contributed by atoms with Gasteiger partial charge in [0.15, 0.2) is 5.65 Å². The lowest BCUT2D eigenvalue weighted by molar-refractivity contribution is 0.0602. The molecule has 0 spiro atoms. The van der Waals surface area contributed by atoms with Gasteiger partial charge >= 0.3 is 5.97 Å². The molecule has 0 aliphatic carbocycles. The number of benzene rings is 1. The van der Waals surface area contributed by atoms with E-state index in [0.29, 0.717) is 21.6 Å². The van der Waals surface area contributed by atoms with E-state index in [1.54, 1.807) is 30.5 Å². The van der Waals surface area contributed by atoms with Crippen LogP contribution in [-0.2, 0) is 4.74 Å². The first kappa shape index (κ1) is 16.3. The molecular weight excluding hydrogens is 356 g/mol. The molecule has 26 heavy (non-hydrogen) atoms. The van der Waals surface area contributed by atoms with Crippen molar-refractivity contribution in [1.82, 2.24) is 19.2 Å². The smallest absolute Gasteiger partial charge is 0.343 e. The van der Waals surface area contributed by atoms with E-state index in [2.05, 4.69) is 10.1 Å². The highest BCUT2D eigenvalue weighted by Crippen LogP contribution is 2.20. The molecule has 130 valence electrons. The maximum Gasteiger partial charge on any atom is 0.343 e. The summed E-state index contributed by atoms with van der Waals surface area (Å²) in [7, 11) is 1.29. The van der Waals surface area contributed by atoms with Crippen molar-refractivity contribution in [3.8, 4) is 5.69 Å². The minimum Gasteiger partial charge on any atom is -0.465 e. The first-order chi connectivity index (χ1) is 12.5. The standard InChI is InChI=1S/C18H13ClN4O3/c1-10-7-11(19)3-4-14(10)22-6-5-15-12(17(22)24)8-20-16-13(18(25)26-2)9-21-23(15)16/h3-9H,1-2H3. The van der Waals surface area contributed by atoms with Crippen LogP contribution in [0.3, 0.4) is 0 Å². The number of fused-ring (bicyclic) bond motifs is 3. The number of rotatable bonds is 2. The highest BCUT2D eigenvalue weighted by molar-refractivity contribution is 6.30. The fourth-order valence-corrected chi connectivity index (χ4v) is 3.18. The lowest BCUT2D eigenvalue weighted by Crippen LogP contribution is -2.19. The lowest BCUT2D eigenvalue weighted by Gasteiger charge is -2.11. The van der Waals surface area contributed by atoms with Gasteiger partial charge in [0.2, 0.25) is 0 Å². The molecule has 0 aliphatic heterocycles. The van der Waals surface area contributed by atoms with Gasteiger partial charge in [-0.1, -0.05) is 11.6 Å². The van der Waals surface area contributed by atoms with Crippen molar-refractivity contribution < 1.29 is 9.53 Å². The van der Waals surface area contributed by atoms with Gasteiger partial charge in [-0.2, -0.15) is 5.10 Å². The summed E-state index contributed by atoms with van der Waals surface area (Å²) in [6.07, 6.45) is 4.49. The Morgan fingerprint density at radius 1 is 1.23 bits per heavy atom. The maximum atomic E-state index is 13.0. The summed E-state index contributed by atoms with van der Waals surface area (Å²) < 4.78 is 7.72. The number of aromatic nitrogens is 4. The Hall–Kier alpha value is -3.19. The molecule has 3 heterocycles. The Labute approximate surface area is 152 Å². The molecule has 0 fully saturated rings. The third-order valence-electron chi connectivity index (χ3n) is 4.22. The number of ether oxygens (including phenoxy) is 1. The second kappa shape index (κ2) is 5.96. The minimum absolute atomic E-state index is 0.238. The molecule has 0 unspecified atom stereocenters. The number of carbonyl (C=O) groups is 1. The number of aryl methyl sites for hydroxylation is 1. The number of halogens is 1. The van der Waals surface area contributed by atoms with Crippen LogP contribution in [0.4, 0.5) is 0 Å². The Kier molecular flexibility index (Phi) is 3.73. The molecule has 0 bridgehead atoms. The number of nitrogens with zero attached hydrogens (tertiary/aromatic N) is 4. The number of pyridine rings is 1. The number of hydrogen-bond donors (Lipinski definition) is 0. The fourth-order valence-electron chi connectivity index (χ4n) is 2.95. The Bertz CT molecular complexity index is 1240. The van der Waals surface area contributed by atoms with Crippen LogP contribution in [0.2, 0.25) is 5.02 Å². The SMILES string of the molecule is COC(=O)c1cnn2c1ncc1c(=O)n(-c3ccc(Cl)cc3C)ccc12. The second-order valence-corrected chi connectivity index (χ2v) is 6.20. The van der Waals surface area contributed by atoms with E-state index in [1.807, 2.05) is 6.92 Å². The van der Waals surface area contributed by atoms with Crippen molar-refractivity contribution in [2.75, 3.05) is 7.11 Å². The fraction of sp³-hybridized carbons (Fsp3) is 0.111. The Morgan fingerprint density at radius 2 is 2.04 bits per heavy atom. The molecule has 0 aliphatic rings. The van der Waals surface area contributed by atoms with E-state index in [1.165, 1.54) is 28.6 Å². The number of esters is 1. The molecule has 0 atom stereocenters. The van der Waals surface area contributed by atoms with Gasteiger partial charge in [0.25, 0.3) is 5.56 Å². The van der Waals surface area contributed by atoms with Gasteiger partial charge in [0.05, 0.1) is 29.9 Å². The normalized spacial score (nSPS) is 11.2. The van der Waals surface area contributed by atoms with Crippen molar-refractivity contribution in [3.63, 3.8) is 0 Å². The Morgan fingerprint density at radius 3 is 2.77 bits per heavy atom. The highest BCUT2D eigenvalue weighted by atomic mass is 35.5. The molecule has 7 nitrogen and oxygen atoms in total. The summed E-state index contributed by atoms with van der Waals surface area (Å²) >= 11 is 6.00. The predicted molar refractivity (Wildman–Crippen MR) is 97.2 cm³/mol. The van der Waals surface area contributed by atoms with Gasteiger partial charge < -0.3 is 4.74 Å². The van der Waals surface area contributed by atoms with Gasteiger partial charge in [0.1, 0.15) is 5.56 Å². The molecule has 3 aromatic heterocycles.